The van der Waals surface area contributed by atoms with Gasteiger partial charge in [-0.3, -0.25) is 10.9 Å². The Morgan fingerprint density at radius 1 is 1.39 bits per heavy atom. The fourth-order valence-corrected chi connectivity index (χ4v) is 1.98. The molecule has 0 saturated carbocycles. The normalized spacial score (nSPS) is 12.4. The first-order valence-corrected chi connectivity index (χ1v) is 5.64. The molecule has 0 aliphatic heterocycles. The Morgan fingerprint density at radius 3 is 2.72 bits per heavy atom. The lowest BCUT2D eigenvalue weighted by atomic mass is 9.99. The van der Waals surface area contributed by atoms with Gasteiger partial charge in [0.25, 0.3) is 0 Å². The third-order valence-electron chi connectivity index (χ3n) is 3.10. The fourth-order valence-electron chi connectivity index (χ4n) is 1.98. The largest absolute Gasteiger partial charge is 0.496 e. The summed E-state index contributed by atoms with van der Waals surface area (Å²) in [7, 11) is 1.65. The maximum atomic E-state index is 5.61. The molecular weight excluding hydrogens is 230 g/mol. The fraction of sp³-hybridized carbons (Fsp3) is 0.333. The van der Waals surface area contributed by atoms with Crippen molar-refractivity contribution in [3.05, 3.63) is 41.0 Å². The third-order valence-corrected chi connectivity index (χ3v) is 3.10. The van der Waals surface area contributed by atoms with E-state index < -0.39 is 0 Å². The number of hydrazine groups is 1. The maximum absolute atomic E-state index is 5.61. The first kappa shape index (κ1) is 12.5. The molecule has 0 fully saturated rings. The molecule has 2 aromatic rings. The Balaban J connectivity index is 2.52. The number of hydrogen-bond acceptors (Lipinski definition) is 5. The summed E-state index contributed by atoms with van der Waals surface area (Å²) in [5, 5.41) is 6.65. The van der Waals surface area contributed by atoms with E-state index in [4.69, 9.17) is 10.6 Å². The van der Waals surface area contributed by atoms with Crippen LogP contribution in [0.1, 0.15) is 28.6 Å². The van der Waals surface area contributed by atoms with Crippen LogP contribution in [0, 0.1) is 13.8 Å². The molecule has 6 heteroatoms. The number of nitrogens with zero attached hydrogens (tertiary/aromatic N) is 2. The van der Waals surface area contributed by atoms with E-state index in [1.54, 1.807) is 7.11 Å². The van der Waals surface area contributed by atoms with Gasteiger partial charge in [0.15, 0.2) is 0 Å². The van der Waals surface area contributed by atoms with Crippen molar-refractivity contribution >= 4 is 0 Å². The van der Waals surface area contributed by atoms with Gasteiger partial charge < -0.3 is 4.74 Å². The average molecular weight is 247 g/mol. The molecule has 1 aromatic heterocycles. The van der Waals surface area contributed by atoms with Crippen molar-refractivity contribution in [2.24, 2.45) is 5.84 Å². The molecule has 2 rings (SSSR count). The highest BCUT2D eigenvalue weighted by molar-refractivity contribution is 5.48. The molecule has 4 N–H and O–H groups in total. The number of ether oxygens (including phenoxy) is 1. The van der Waals surface area contributed by atoms with Crippen molar-refractivity contribution in [2.45, 2.75) is 19.9 Å². The number of aryl methyl sites for hydroxylation is 1. The Labute approximate surface area is 106 Å². The maximum Gasteiger partial charge on any atom is 0.147 e. The molecule has 1 atom stereocenters. The summed E-state index contributed by atoms with van der Waals surface area (Å²) in [5.41, 5.74) is 5.92. The second kappa shape index (κ2) is 5.16. The van der Waals surface area contributed by atoms with Crippen LogP contribution in [-0.2, 0) is 0 Å². The van der Waals surface area contributed by atoms with Gasteiger partial charge in [0.2, 0.25) is 0 Å². The van der Waals surface area contributed by atoms with Gasteiger partial charge in [0.05, 0.1) is 7.11 Å². The molecule has 0 radical (unpaired) electrons. The molecule has 1 heterocycles. The third kappa shape index (κ3) is 2.07. The molecule has 1 aromatic carbocycles. The smallest absolute Gasteiger partial charge is 0.147 e. The number of methoxy groups -OCH3 is 1. The quantitative estimate of drug-likeness (QED) is 0.553. The molecule has 96 valence electrons. The van der Waals surface area contributed by atoms with Crippen molar-refractivity contribution in [3.63, 3.8) is 0 Å². The number of rotatable bonds is 4. The van der Waals surface area contributed by atoms with Gasteiger partial charge in [-0.1, -0.05) is 12.1 Å². The standard InChI is InChI=1S/C12H17N5O/c1-7-4-5-9(11(18-3)8(7)2)10(16-13)12-14-6-15-17-12/h4-6,10,16H,13H2,1-3H3,(H,14,15,17). The molecule has 6 nitrogen and oxygen atoms in total. The number of aromatic amines is 1. The second-order valence-corrected chi connectivity index (χ2v) is 4.10. The number of nitrogens with two attached hydrogens (primary N) is 1. The van der Waals surface area contributed by atoms with Crippen LogP contribution in [0.2, 0.25) is 0 Å². The Hall–Kier alpha value is -1.92. The lowest BCUT2D eigenvalue weighted by Crippen LogP contribution is -2.30. The highest BCUT2D eigenvalue weighted by atomic mass is 16.5. The van der Waals surface area contributed by atoms with Crippen molar-refractivity contribution in [1.29, 1.82) is 0 Å². The molecule has 0 bridgehead atoms. The van der Waals surface area contributed by atoms with E-state index in [9.17, 15) is 0 Å². The Bertz CT molecular complexity index is 524. The summed E-state index contributed by atoms with van der Waals surface area (Å²) in [6.45, 7) is 4.06. The van der Waals surface area contributed by atoms with E-state index in [1.807, 2.05) is 26.0 Å². The monoisotopic (exact) mass is 247 g/mol. The zero-order chi connectivity index (χ0) is 13.1. The van der Waals surface area contributed by atoms with Crippen LogP contribution in [0.15, 0.2) is 18.5 Å². The van der Waals surface area contributed by atoms with Gasteiger partial charge in [-0.05, 0) is 25.0 Å². The van der Waals surface area contributed by atoms with Crippen molar-refractivity contribution in [1.82, 2.24) is 20.6 Å². The van der Waals surface area contributed by atoms with Crippen LogP contribution < -0.4 is 16.0 Å². The molecule has 0 spiro atoms. The first-order chi connectivity index (χ1) is 8.69. The van der Waals surface area contributed by atoms with Gasteiger partial charge >= 0.3 is 0 Å². The van der Waals surface area contributed by atoms with Crippen molar-refractivity contribution < 1.29 is 4.74 Å². The molecule has 0 amide bonds. The molecule has 0 aliphatic carbocycles. The van der Waals surface area contributed by atoms with Gasteiger partial charge in [-0.2, -0.15) is 5.10 Å². The summed E-state index contributed by atoms with van der Waals surface area (Å²) in [6, 6.07) is 3.74. The van der Waals surface area contributed by atoms with Crippen LogP contribution in [0.25, 0.3) is 0 Å². The number of nitrogens with one attached hydrogen (secondary N) is 2. The summed E-state index contributed by atoms with van der Waals surface area (Å²) >= 11 is 0. The lowest BCUT2D eigenvalue weighted by molar-refractivity contribution is 0.399. The van der Waals surface area contributed by atoms with Gasteiger partial charge in [-0.25, -0.2) is 10.4 Å². The molecule has 18 heavy (non-hydrogen) atoms. The van der Waals surface area contributed by atoms with Crippen LogP contribution in [0.4, 0.5) is 0 Å². The van der Waals surface area contributed by atoms with E-state index in [0.717, 1.165) is 16.9 Å². The summed E-state index contributed by atoms with van der Waals surface area (Å²) in [4.78, 5) is 4.13. The van der Waals surface area contributed by atoms with E-state index in [-0.39, 0.29) is 6.04 Å². The number of benzene rings is 1. The van der Waals surface area contributed by atoms with Crippen molar-refractivity contribution in [3.8, 4) is 5.75 Å². The summed E-state index contributed by atoms with van der Waals surface area (Å²) in [6.07, 6.45) is 1.45. The molecule has 0 aliphatic rings. The van der Waals surface area contributed by atoms with E-state index >= 15 is 0 Å². The number of H-pyrrole nitrogens is 1. The van der Waals surface area contributed by atoms with E-state index in [0.29, 0.717) is 5.82 Å². The number of aromatic nitrogens is 3. The van der Waals surface area contributed by atoms with Crippen LogP contribution in [0.3, 0.4) is 0 Å². The SMILES string of the molecule is COc1c(C(NN)c2ncn[nH]2)ccc(C)c1C. The first-order valence-electron chi connectivity index (χ1n) is 5.64. The van der Waals surface area contributed by atoms with Crippen molar-refractivity contribution in [2.75, 3.05) is 7.11 Å². The second-order valence-electron chi connectivity index (χ2n) is 4.10. The van der Waals surface area contributed by atoms with Crippen LogP contribution in [0.5, 0.6) is 5.75 Å². The average Bonchev–Trinajstić information content (AvgIpc) is 2.89. The predicted octanol–water partition coefficient (Wildman–Crippen LogP) is 0.983. The minimum absolute atomic E-state index is 0.276. The minimum atomic E-state index is -0.276. The molecule has 0 saturated heterocycles. The molecule has 1 unspecified atom stereocenters. The Morgan fingerprint density at radius 2 is 2.17 bits per heavy atom. The van der Waals surface area contributed by atoms with Gasteiger partial charge in [0, 0.05) is 5.56 Å². The zero-order valence-corrected chi connectivity index (χ0v) is 10.7. The highest BCUT2D eigenvalue weighted by Gasteiger charge is 2.21. The van der Waals surface area contributed by atoms with Gasteiger partial charge in [0.1, 0.15) is 23.9 Å². The predicted molar refractivity (Wildman–Crippen MR) is 68.0 cm³/mol. The highest BCUT2D eigenvalue weighted by Crippen LogP contribution is 2.32. The topological polar surface area (TPSA) is 88.8 Å². The van der Waals surface area contributed by atoms with Gasteiger partial charge in [-0.15, -0.1) is 0 Å². The minimum Gasteiger partial charge on any atom is -0.496 e. The van der Waals surface area contributed by atoms with E-state index in [1.165, 1.54) is 11.9 Å². The summed E-state index contributed by atoms with van der Waals surface area (Å²) in [5.74, 6) is 7.08. The van der Waals surface area contributed by atoms with E-state index in [2.05, 4.69) is 20.6 Å². The summed E-state index contributed by atoms with van der Waals surface area (Å²) < 4.78 is 5.48. The number of hydrogen-bond donors (Lipinski definition) is 3. The van der Waals surface area contributed by atoms with Crippen LogP contribution >= 0.6 is 0 Å². The zero-order valence-electron chi connectivity index (χ0n) is 10.7. The lowest BCUT2D eigenvalue weighted by Gasteiger charge is -2.19. The van der Waals surface area contributed by atoms with Crippen LogP contribution in [-0.4, -0.2) is 22.3 Å². The molecular formula is C12H17N5O. The Kier molecular flexibility index (Phi) is 3.59.